The molecule has 0 aliphatic heterocycles. The molecule has 3 rings (SSSR count). The van der Waals surface area contributed by atoms with Gasteiger partial charge in [-0.2, -0.15) is 0 Å². The maximum atomic E-state index is 13.9. The molecule has 3 aromatic rings. The summed E-state index contributed by atoms with van der Waals surface area (Å²) in [6, 6.07) is 13.4. The number of halogens is 3. The van der Waals surface area contributed by atoms with Crippen molar-refractivity contribution in [2.24, 2.45) is 0 Å². The lowest BCUT2D eigenvalue weighted by Crippen LogP contribution is -2.14. The van der Waals surface area contributed by atoms with Crippen molar-refractivity contribution in [1.82, 2.24) is 0 Å². The molecular formula is C24H22Cl2FNO4S. The molecule has 1 N–H and O–H groups in total. The van der Waals surface area contributed by atoms with E-state index in [2.05, 4.69) is 5.32 Å². The molecule has 0 aliphatic rings. The third-order valence-electron chi connectivity index (χ3n) is 4.78. The van der Waals surface area contributed by atoms with Crippen molar-refractivity contribution in [3.05, 3.63) is 81.6 Å². The molecule has 33 heavy (non-hydrogen) atoms. The summed E-state index contributed by atoms with van der Waals surface area (Å²) in [5, 5.41) is 2.99. The van der Waals surface area contributed by atoms with Gasteiger partial charge in [0, 0.05) is 18.0 Å². The van der Waals surface area contributed by atoms with Gasteiger partial charge < -0.3 is 10.1 Å². The molecule has 0 atom stereocenters. The first-order valence-electron chi connectivity index (χ1n) is 9.98. The zero-order valence-electron chi connectivity index (χ0n) is 18.2. The summed E-state index contributed by atoms with van der Waals surface area (Å²) in [4.78, 5) is 12.6. The normalized spacial score (nSPS) is 11.5. The molecular weight excluding hydrogens is 488 g/mol. The average molecular weight is 510 g/mol. The summed E-state index contributed by atoms with van der Waals surface area (Å²) in [5.41, 5.74) is 1.77. The number of carbonyl (C=O) groups is 1. The lowest BCUT2D eigenvalue weighted by atomic mass is 10.0. The molecule has 5 nitrogen and oxygen atoms in total. The summed E-state index contributed by atoms with van der Waals surface area (Å²) >= 11 is 12.6. The van der Waals surface area contributed by atoms with Crippen molar-refractivity contribution in [2.75, 3.05) is 11.6 Å². The van der Waals surface area contributed by atoms with Crippen LogP contribution in [0, 0.1) is 5.82 Å². The molecule has 0 radical (unpaired) electrons. The van der Waals surface area contributed by atoms with Crippen LogP contribution in [-0.4, -0.2) is 20.6 Å². The van der Waals surface area contributed by atoms with Crippen molar-refractivity contribution < 1.29 is 22.3 Å². The number of hydrogen-bond acceptors (Lipinski definition) is 4. The van der Waals surface area contributed by atoms with Crippen LogP contribution >= 0.6 is 23.2 Å². The van der Waals surface area contributed by atoms with Crippen LogP contribution < -0.4 is 10.1 Å². The predicted octanol–water partition coefficient (Wildman–Crippen LogP) is 6.63. The van der Waals surface area contributed by atoms with Gasteiger partial charge in [0.15, 0.2) is 15.6 Å². The minimum Gasteiger partial charge on any atom is -0.454 e. The molecule has 0 bridgehead atoms. The minimum atomic E-state index is -3.30. The largest absolute Gasteiger partial charge is 0.454 e. The Labute approximate surface area is 202 Å². The van der Waals surface area contributed by atoms with Gasteiger partial charge in [0.2, 0.25) is 5.91 Å². The fourth-order valence-electron chi connectivity index (χ4n) is 3.07. The van der Waals surface area contributed by atoms with Crippen molar-refractivity contribution in [3.8, 4) is 11.5 Å². The first-order chi connectivity index (χ1) is 15.4. The highest BCUT2D eigenvalue weighted by Gasteiger charge is 2.15. The summed E-state index contributed by atoms with van der Waals surface area (Å²) < 4.78 is 42.8. The average Bonchev–Trinajstić information content (AvgIpc) is 2.70. The Morgan fingerprint density at radius 1 is 1.03 bits per heavy atom. The maximum absolute atomic E-state index is 13.9. The van der Waals surface area contributed by atoms with Crippen LogP contribution in [0.25, 0.3) is 0 Å². The zero-order chi connectivity index (χ0) is 24.3. The van der Waals surface area contributed by atoms with E-state index >= 15 is 0 Å². The molecule has 0 saturated heterocycles. The Morgan fingerprint density at radius 3 is 2.18 bits per heavy atom. The zero-order valence-corrected chi connectivity index (χ0v) is 20.5. The van der Waals surface area contributed by atoms with Gasteiger partial charge in [0.1, 0.15) is 11.6 Å². The molecule has 174 valence electrons. The number of rotatable bonds is 7. The highest BCUT2D eigenvalue weighted by atomic mass is 35.5. The number of hydrogen-bond donors (Lipinski definition) is 1. The van der Waals surface area contributed by atoms with E-state index in [1.54, 1.807) is 18.2 Å². The predicted molar refractivity (Wildman–Crippen MR) is 129 cm³/mol. The van der Waals surface area contributed by atoms with Gasteiger partial charge in [-0.3, -0.25) is 4.79 Å². The summed E-state index contributed by atoms with van der Waals surface area (Å²) in [6.45, 7) is 3.88. The molecule has 0 aromatic heterocycles. The Hall–Kier alpha value is -2.61. The number of anilines is 1. The highest BCUT2D eigenvalue weighted by Crippen LogP contribution is 2.39. The SMILES string of the molecule is CC(C)c1cc(F)cc(Oc2c(Cl)cc(NC(=O)Cc3ccc(S(C)(=O)=O)cc3)cc2Cl)c1. The van der Waals surface area contributed by atoms with Gasteiger partial charge in [0.05, 0.1) is 21.4 Å². The van der Waals surface area contributed by atoms with Crippen molar-refractivity contribution in [2.45, 2.75) is 31.1 Å². The second kappa shape index (κ2) is 10.1. The van der Waals surface area contributed by atoms with Gasteiger partial charge in [-0.15, -0.1) is 0 Å². The van der Waals surface area contributed by atoms with E-state index in [4.69, 9.17) is 27.9 Å². The van der Waals surface area contributed by atoms with E-state index in [-0.39, 0.29) is 44.7 Å². The number of sulfone groups is 1. The third-order valence-corrected chi connectivity index (χ3v) is 6.47. The fraction of sp³-hybridized carbons (Fsp3) is 0.208. The van der Waals surface area contributed by atoms with Crippen molar-refractivity contribution in [3.63, 3.8) is 0 Å². The van der Waals surface area contributed by atoms with Crippen LogP contribution in [0.1, 0.15) is 30.9 Å². The number of benzene rings is 3. The maximum Gasteiger partial charge on any atom is 0.228 e. The van der Waals surface area contributed by atoms with E-state index < -0.39 is 15.7 Å². The number of ether oxygens (including phenoxy) is 1. The summed E-state index contributed by atoms with van der Waals surface area (Å²) in [7, 11) is -3.30. The van der Waals surface area contributed by atoms with Crippen molar-refractivity contribution in [1.29, 1.82) is 0 Å². The topological polar surface area (TPSA) is 72.5 Å². The Balaban J connectivity index is 1.73. The van der Waals surface area contributed by atoms with Crippen molar-refractivity contribution >= 4 is 44.6 Å². The van der Waals surface area contributed by atoms with Crippen LogP contribution in [-0.2, 0) is 21.1 Å². The van der Waals surface area contributed by atoms with Gasteiger partial charge in [-0.25, -0.2) is 12.8 Å². The van der Waals surface area contributed by atoms with Gasteiger partial charge in [-0.05, 0) is 53.4 Å². The molecule has 1 amide bonds. The molecule has 0 heterocycles. The second-order valence-electron chi connectivity index (χ2n) is 7.89. The van der Waals surface area contributed by atoms with Crippen LogP contribution in [0.4, 0.5) is 10.1 Å². The molecule has 0 fully saturated rings. The lowest BCUT2D eigenvalue weighted by molar-refractivity contribution is -0.115. The quantitative estimate of drug-likeness (QED) is 0.387. The van der Waals surface area contributed by atoms with E-state index in [0.29, 0.717) is 11.3 Å². The van der Waals surface area contributed by atoms with Gasteiger partial charge in [-0.1, -0.05) is 49.2 Å². The van der Waals surface area contributed by atoms with E-state index in [1.165, 1.54) is 36.4 Å². The second-order valence-corrected chi connectivity index (χ2v) is 10.7. The molecule has 0 saturated carbocycles. The Morgan fingerprint density at radius 2 is 1.64 bits per heavy atom. The fourth-order valence-corrected chi connectivity index (χ4v) is 4.26. The summed E-state index contributed by atoms with van der Waals surface area (Å²) in [5.74, 6) is -0.259. The number of nitrogens with one attached hydrogen (secondary N) is 1. The number of amides is 1. The first-order valence-corrected chi connectivity index (χ1v) is 12.6. The number of carbonyl (C=O) groups excluding carboxylic acids is 1. The molecule has 0 spiro atoms. The van der Waals surface area contributed by atoms with Crippen LogP contribution in [0.3, 0.4) is 0 Å². The third kappa shape index (κ3) is 6.69. The molecule has 9 heteroatoms. The first kappa shape index (κ1) is 25.0. The smallest absolute Gasteiger partial charge is 0.228 e. The van der Waals surface area contributed by atoms with E-state index in [1.807, 2.05) is 13.8 Å². The van der Waals surface area contributed by atoms with E-state index in [0.717, 1.165) is 11.8 Å². The monoisotopic (exact) mass is 509 g/mol. The van der Waals surface area contributed by atoms with Crippen LogP contribution in [0.2, 0.25) is 10.0 Å². The van der Waals surface area contributed by atoms with Crippen LogP contribution in [0.15, 0.2) is 59.5 Å². The van der Waals surface area contributed by atoms with Gasteiger partial charge >= 0.3 is 0 Å². The van der Waals surface area contributed by atoms with Crippen LogP contribution in [0.5, 0.6) is 11.5 Å². The van der Waals surface area contributed by atoms with Gasteiger partial charge in [0.25, 0.3) is 0 Å². The summed E-state index contributed by atoms with van der Waals surface area (Å²) in [6.07, 6.45) is 1.14. The Bertz CT molecular complexity index is 1270. The highest BCUT2D eigenvalue weighted by molar-refractivity contribution is 7.90. The minimum absolute atomic E-state index is 0.0266. The van der Waals surface area contributed by atoms with E-state index in [9.17, 15) is 17.6 Å². The standard InChI is InChI=1S/C24H22Cl2FNO4S/c1-14(2)16-9-17(27)11-19(10-16)32-24-21(25)12-18(13-22(24)26)28-23(29)8-15-4-6-20(7-5-15)33(3,30)31/h4-7,9-14H,8H2,1-3H3,(H,28,29). The molecule has 0 aliphatic carbocycles. The Kier molecular flexibility index (Phi) is 7.67. The molecule has 0 unspecified atom stereocenters. The molecule has 3 aromatic carbocycles. The lowest BCUT2D eigenvalue weighted by Gasteiger charge is -2.14.